The van der Waals surface area contributed by atoms with E-state index in [1.807, 2.05) is 30.3 Å². The lowest BCUT2D eigenvalue weighted by Gasteiger charge is -2.27. The predicted octanol–water partition coefficient (Wildman–Crippen LogP) is 3.97. The summed E-state index contributed by atoms with van der Waals surface area (Å²) in [5.41, 5.74) is 0. The first-order valence-electron chi connectivity index (χ1n) is 8.97. The van der Waals surface area contributed by atoms with Gasteiger partial charge in [0.15, 0.2) is 0 Å². The third kappa shape index (κ3) is 4.36. The summed E-state index contributed by atoms with van der Waals surface area (Å²) in [4.78, 5) is 0. The van der Waals surface area contributed by atoms with Gasteiger partial charge in [-0.05, 0) is 56.6 Å². The maximum atomic E-state index is 8.80. The molecule has 1 aromatic carbocycles. The number of benzene rings is 1. The zero-order chi connectivity index (χ0) is 15.9. The van der Waals surface area contributed by atoms with Crippen LogP contribution in [0.2, 0.25) is 0 Å². The Bertz CT molecular complexity index is 485. The van der Waals surface area contributed by atoms with E-state index in [4.69, 9.17) is 14.6 Å². The van der Waals surface area contributed by atoms with Crippen LogP contribution in [0.5, 0.6) is 5.75 Å². The van der Waals surface area contributed by atoms with Crippen molar-refractivity contribution in [3.63, 3.8) is 0 Å². The fourth-order valence-corrected chi connectivity index (χ4v) is 3.88. The third-order valence-corrected chi connectivity index (χ3v) is 5.13. The molecule has 2 aliphatic rings. The average Bonchev–Trinajstić information content (AvgIpc) is 3.18. The summed E-state index contributed by atoms with van der Waals surface area (Å²) < 4.78 is 12.1. The number of hydrogen-bond donors (Lipinski definition) is 1. The molecule has 23 heavy (non-hydrogen) atoms. The molecule has 0 aromatic heterocycles. The minimum absolute atomic E-state index is 0.299. The fourth-order valence-electron chi connectivity index (χ4n) is 3.88. The first kappa shape index (κ1) is 16.5. The molecule has 0 radical (unpaired) electrons. The van der Waals surface area contributed by atoms with Gasteiger partial charge in [-0.15, -0.1) is 0 Å². The van der Waals surface area contributed by atoms with Gasteiger partial charge in [0.2, 0.25) is 0 Å². The standard InChI is InChI=1S/C20H28O3/c21-14-8-3-1-2-7-11-17-18(20-13-12-19(17)23-20)15-22-16-9-5-4-6-10-16/h2,4-7,9-10,17-21H,1,3,8,11-15H2/t17-,18+,19-,20+/m0/s1. The van der Waals surface area contributed by atoms with Gasteiger partial charge in [0.1, 0.15) is 5.75 Å². The highest BCUT2D eigenvalue weighted by Crippen LogP contribution is 2.45. The van der Waals surface area contributed by atoms with Crippen molar-refractivity contribution in [1.82, 2.24) is 0 Å². The Morgan fingerprint density at radius 1 is 1.04 bits per heavy atom. The molecule has 1 N–H and O–H groups in total. The topological polar surface area (TPSA) is 38.7 Å². The molecule has 2 fully saturated rings. The van der Waals surface area contributed by atoms with E-state index in [0.29, 0.717) is 30.7 Å². The highest BCUT2D eigenvalue weighted by molar-refractivity contribution is 5.21. The van der Waals surface area contributed by atoms with E-state index >= 15 is 0 Å². The number of rotatable bonds is 9. The first-order chi connectivity index (χ1) is 11.4. The summed E-state index contributed by atoms with van der Waals surface area (Å²) in [6.45, 7) is 1.06. The molecular weight excluding hydrogens is 288 g/mol. The van der Waals surface area contributed by atoms with Gasteiger partial charge >= 0.3 is 0 Å². The highest BCUT2D eigenvalue weighted by Gasteiger charge is 2.48. The highest BCUT2D eigenvalue weighted by atomic mass is 16.5. The van der Waals surface area contributed by atoms with Crippen LogP contribution in [-0.4, -0.2) is 30.5 Å². The Balaban J connectivity index is 1.49. The molecule has 3 rings (SSSR count). The van der Waals surface area contributed by atoms with E-state index in [1.54, 1.807) is 0 Å². The fraction of sp³-hybridized carbons (Fsp3) is 0.600. The van der Waals surface area contributed by atoms with Crippen LogP contribution in [0.15, 0.2) is 42.5 Å². The first-order valence-corrected chi connectivity index (χ1v) is 8.97. The van der Waals surface area contributed by atoms with Gasteiger partial charge in [-0.2, -0.15) is 0 Å². The Labute approximate surface area is 139 Å². The number of ether oxygens (including phenoxy) is 2. The second-order valence-corrected chi connectivity index (χ2v) is 6.67. The molecule has 2 heterocycles. The largest absolute Gasteiger partial charge is 0.493 e. The van der Waals surface area contributed by atoms with Crippen molar-refractivity contribution in [2.45, 2.75) is 50.7 Å². The molecule has 2 aliphatic heterocycles. The Hall–Kier alpha value is -1.32. The van der Waals surface area contributed by atoms with Crippen LogP contribution in [-0.2, 0) is 4.74 Å². The molecule has 3 nitrogen and oxygen atoms in total. The minimum Gasteiger partial charge on any atom is -0.493 e. The maximum absolute atomic E-state index is 8.80. The second kappa shape index (κ2) is 8.51. The van der Waals surface area contributed by atoms with Gasteiger partial charge in [-0.3, -0.25) is 0 Å². The van der Waals surface area contributed by atoms with E-state index in [9.17, 15) is 0 Å². The summed E-state index contributed by atoms with van der Waals surface area (Å²) in [5, 5.41) is 8.80. The Morgan fingerprint density at radius 2 is 1.83 bits per heavy atom. The number of allylic oxidation sites excluding steroid dienone is 2. The van der Waals surface area contributed by atoms with Gasteiger partial charge in [0.25, 0.3) is 0 Å². The number of aliphatic hydroxyl groups excluding tert-OH is 1. The van der Waals surface area contributed by atoms with Gasteiger partial charge in [0.05, 0.1) is 18.8 Å². The molecule has 2 bridgehead atoms. The van der Waals surface area contributed by atoms with E-state index in [1.165, 1.54) is 12.8 Å². The van der Waals surface area contributed by atoms with Crippen molar-refractivity contribution in [3.05, 3.63) is 42.5 Å². The molecule has 0 saturated carbocycles. The Morgan fingerprint density at radius 3 is 2.61 bits per heavy atom. The second-order valence-electron chi connectivity index (χ2n) is 6.67. The van der Waals surface area contributed by atoms with Crippen LogP contribution in [0.25, 0.3) is 0 Å². The van der Waals surface area contributed by atoms with Crippen molar-refractivity contribution >= 4 is 0 Å². The molecule has 3 heteroatoms. The molecule has 0 unspecified atom stereocenters. The van der Waals surface area contributed by atoms with Crippen LogP contribution in [0, 0.1) is 11.8 Å². The average molecular weight is 316 g/mol. The molecule has 2 saturated heterocycles. The summed E-state index contributed by atoms with van der Waals surface area (Å²) in [7, 11) is 0. The summed E-state index contributed by atoms with van der Waals surface area (Å²) in [6.07, 6.45) is 11.9. The number of fused-ring (bicyclic) bond motifs is 2. The summed E-state index contributed by atoms with van der Waals surface area (Å²) in [6, 6.07) is 10.1. The van der Waals surface area contributed by atoms with E-state index in [0.717, 1.165) is 38.0 Å². The zero-order valence-corrected chi connectivity index (χ0v) is 13.8. The normalized spacial score (nSPS) is 29.4. The quantitative estimate of drug-likeness (QED) is 0.553. The summed E-state index contributed by atoms with van der Waals surface area (Å²) in [5.74, 6) is 2.05. The van der Waals surface area contributed by atoms with Gasteiger partial charge in [-0.1, -0.05) is 30.4 Å². The lowest BCUT2D eigenvalue weighted by molar-refractivity contribution is 0.0810. The number of para-hydroxylation sites is 1. The monoisotopic (exact) mass is 316 g/mol. The van der Waals surface area contributed by atoms with Crippen LogP contribution < -0.4 is 4.74 Å². The molecule has 0 aliphatic carbocycles. The van der Waals surface area contributed by atoms with Crippen molar-refractivity contribution in [2.75, 3.05) is 13.2 Å². The van der Waals surface area contributed by atoms with Gasteiger partial charge in [0, 0.05) is 12.5 Å². The number of aliphatic hydroxyl groups is 1. The van der Waals surface area contributed by atoms with Crippen LogP contribution in [0.4, 0.5) is 0 Å². The molecule has 126 valence electrons. The zero-order valence-electron chi connectivity index (χ0n) is 13.8. The van der Waals surface area contributed by atoms with Crippen LogP contribution >= 0.6 is 0 Å². The smallest absolute Gasteiger partial charge is 0.119 e. The van der Waals surface area contributed by atoms with E-state index in [2.05, 4.69) is 12.2 Å². The lowest BCUT2D eigenvalue weighted by Crippen LogP contribution is -2.31. The van der Waals surface area contributed by atoms with Gasteiger partial charge < -0.3 is 14.6 Å². The van der Waals surface area contributed by atoms with Crippen molar-refractivity contribution in [2.24, 2.45) is 11.8 Å². The van der Waals surface area contributed by atoms with Crippen molar-refractivity contribution in [3.8, 4) is 5.75 Å². The third-order valence-electron chi connectivity index (χ3n) is 5.13. The van der Waals surface area contributed by atoms with Crippen LogP contribution in [0.3, 0.4) is 0 Å². The molecule has 0 spiro atoms. The summed E-state index contributed by atoms with van der Waals surface area (Å²) >= 11 is 0. The molecule has 0 amide bonds. The van der Waals surface area contributed by atoms with E-state index in [-0.39, 0.29) is 0 Å². The van der Waals surface area contributed by atoms with Gasteiger partial charge in [-0.25, -0.2) is 0 Å². The lowest BCUT2D eigenvalue weighted by atomic mass is 9.78. The predicted molar refractivity (Wildman–Crippen MR) is 91.5 cm³/mol. The SMILES string of the molecule is OCCCCC=CC[C@H]1[C@@H](COc2ccccc2)[C@H]2CC[C@@H]1O2. The molecular formula is C20H28O3. The van der Waals surface area contributed by atoms with Crippen molar-refractivity contribution in [1.29, 1.82) is 0 Å². The van der Waals surface area contributed by atoms with Crippen LogP contribution in [0.1, 0.15) is 38.5 Å². The van der Waals surface area contributed by atoms with E-state index < -0.39 is 0 Å². The molecule has 4 atom stereocenters. The maximum Gasteiger partial charge on any atom is 0.119 e. The van der Waals surface area contributed by atoms with Crippen molar-refractivity contribution < 1.29 is 14.6 Å². The minimum atomic E-state index is 0.299. The number of unbranched alkanes of at least 4 members (excludes halogenated alkanes) is 2. The Kier molecular flexibility index (Phi) is 6.12. The number of hydrogen-bond acceptors (Lipinski definition) is 3. The molecule has 1 aromatic rings.